The molecule has 0 amide bonds. The van der Waals surface area contributed by atoms with Crippen molar-refractivity contribution in [2.24, 2.45) is 4.99 Å². The van der Waals surface area contributed by atoms with Gasteiger partial charge in [0.15, 0.2) is 5.84 Å². The van der Waals surface area contributed by atoms with E-state index in [2.05, 4.69) is 20.9 Å². The van der Waals surface area contributed by atoms with Crippen LogP contribution in [-0.2, 0) is 19.1 Å². The molecule has 1 aromatic heterocycles. The molecule has 14 heteroatoms. The summed E-state index contributed by atoms with van der Waals surface area (Å²) in [5.41, 5.74) is 2.29. The monoisotopic (exact) mass is 673 g/mol. The third-order valence-corrected chi connectivity index (χ3v) is 8.82. The van der Waals surface area contributed by atoms with Gasteiger partial charge in [0.2, 0.25) is 0 Å². The maximum Gasteiger partial charge on any atom is 0.338 e. The Bertz CT molecular complexity index is 1740. The highest BCUT2D eigenvalue weighted by molar-refractivity contribution is 8.00. The van der Waals surface area contributed by atoms with Gasteiger partial charge in [-0.3, -0.25) is 15.3 Å². The van der Waals surface area contributed by atoms with Crippen LogP contribution in [0.15, 0.2) is 88.3 Å². The Kier molecular flexibility index (Phi) is 10.1. The molecule has 3 N–H and O–H groups in total. The van der Waals surface area contributed by atoms with Crippen molar-refractivity contribution in [1.82, 2.24) is 20.9 Å². The second kappa shape index (κ2) is 14.0. The van der Waals surface area contributed by atoms with Gasteiger partial charge in [-0.15, -0.1) is 11.8 Å². The van der Waals surface area contributed by atoms with Crippen LogP contribution in [-0.4, -0.2) is 48.2 Å². The van der Waals surface area contributed by atoms with E-state index >= 15 is 0 Å². The van der Waals surface area contributed by atoms with E-state index in [4.69, 9.17) is 37.7 Å². The number of nitrogens with zero attached hydrogens (tertiary/aromatic N) is 2. The number of carbonyl (C=O) groups excluding carboxylic acids is 2. The highest BCUT2D eigenvalue weighted by Crippen LogP contribution is 2.39. The van der Waals surface area contributed by atoms with E-state index in [0.717, 1.165) is 6.07 Å². The van der Waals surface area contributed by atoms with E-state index in [-0.39, 0.29) is 26.9 Å². The van der Waals surface area contributed by atoms with Crippen molar-refractivity contribution in [1.29, 1.82) is 0 Å². The Morgan fingerprint density at radius 2 is 1.58 bits per heavy atom. The van der Waals surface area contributed by atoms with Gasteiger partial charge in [-0.25, -0.2) is 18.4 Å². The fourth-order valence-corrected chi connectivity index (χ4v) is 6.63. The average Bonchev–Trinajstić information content (AvgIpc) is 3.03. The number of allylic oxidation sites excluding steroid dienone is 1. The van der Waals surface area contributed by atoms with Gasteiger partial charge in [0.1, 0.15) is 28.9 Å². The number of ether oxygens (including phenoxy) is 2. The molecule has 3 atom stereocenters. The largest absolute Gasteiger partial charge is 0.466 e. The van der Waals surface area contributed by atoms with Gasteiger partial charge in [-0.2, -0.15) is 0 Å². The number of aliphatic imine (C=N–C) groups is 1. The molecule has 0 bridgehead atoms. The van der Waals surface area contributed by atoms with Crippen molar-refractivity contribution >= 4 is 52.7 Å². The number of halogens is 4. The highest BCUT2D eigenvalue weighted by Gasteiger charge is 2.36. The average molecular weight is 675 g/mol. The van der Waals surface area contributed by atoms with E-state index in [9.17, 15) is 18.4 Å². The summed E-state index contributed by atoms with van der Waals surface area (Å²) in [6.07, 6.45) is 1.61. The first-order valence-electron chi connectivity index (χ1n) is 13.5. The molecule has 234 valence electrons. The second-order valence-corrected chi connectivity index (χ2v) is 11.8. The molecular weight excluding hydrogens is 647 g/mol. The Balaban J connectivity index is 1.52. The van der Waals surface area contributed by atoms with Gasteiger partial charge < -0.3 is 20.1 Å². The van der Waals surface area contributed by atoms with Gasteiger partial charge in [0, 0.05) is 39.0 Å². The first-order chi connectivity index (χ1) is 21.6. The number of esters is 2. The van der Waals surface area contributed by atoms with E-state index in [1.165, 1.54) is 56.3 Å². The SMILES string of the molecule is COC(=O)C1=C(CSC2NC(C)=C(C(=O)OC)C(c3ccc(F)cc3Cl)N2)NC(c2ccccn2)=NC1c1ccc(F)cc1Cl. The third kappa shape index (κ3) is 6.99. The number of benzene rings is 2. The smallest absolute Gasteiger partial charge is 0.338 e. The van der Waals surface area contributed by atoms with Crippen molar-refractivity contribution in [3.8, 4) is 0 Å². The van der Waals surface area contributed by atoms with Crippen LogP contribution in [0.3, 0.4) is 0 Å². The molecule has 0 saturated heterocycles. The van der Waals surface area contributed by atoms with Crippen molar-refractivity contribution in [3.63, 3.8) is 0 Å². The number of rotatable bonds is 8. The number of thioether (sulfide) groups is 1. The lowest BCUT2D eigenvalue weighted by atomic mass is 9.95. The predicted molar refractivity (Wildman–Crippen MR) is 168 cm³/mol. The zero-order valence-electron chi connectivity index (χ0n) is 24.2. The molecule has 3 heterocycles. The summed E-state index contributed by atoms with van der Waals surface area (Å²) in [4.78, 5) is 35.2. The number of carbonyl (C=O) groups is 2. The molecule has 2 aliphatic heterocycles. The van der Waals surface area contributed by atoms with Gasteiger partial charge in [0.25, 0.3) is 0 Å². The summed E-state index contributed by atoms with van der Waals surface area (Å²) in [6, 6.07) is 11.4. The van der Waals surface area contributed by atoms with Crippen molar-refractivity contribution in [2.75, 3.05) is 20.0 Å². The number of methoxy groups -OCH3 is 2. The zero-order valence-corrected chi connectivity index (χ0v) is 26.5. The van der Waals surface area contributed by atoms with Crippen molar-refractivity contribution < 1.29 is 27.8 Å². The normalized spacial score (nSPS) is 19.8. The number of hydrogen-bond acceptors (Lipinski definition) is 10. The second-order valence-electron chi connectivity index (χ2n) is 9.90. The molecule has 3 aromatic rings. The van der Waals surface area contributed by atoms with Crippen LogP contribution in [0.2, 0.25) is 10.0 Å². The predicted octanol–water partition coefficient (Wildman–Crippen LogP) is 5.58. The molecule has 2 aromatic carbocycles. The highest BCUT2D eigenvalue weighted by atomic mass is 35.5. The zero-order chi connectivity index (χ0) is 32.2. The molecule has 5 rings (SSSR count). The van der Waals surface area contributed by atoms with Gasteiger partial charge in [-0.05, 0) is 48.9 Å². The molecule has 0 fully saturated rings. The summed E-state index contributed by atoms with van der Waals surface area (Å²) >= 11 is 14.2. The number of amidine groups is 1. The summed E-state index contributed by atoms with van der Waals surface area (Å²) in [5.74, 6) is -1.73. The topological polar surface area (TPSA) is 114 Å². The summed E-state index contributed by atoms with van der Waals surface area (Å²) in [7, 11) is 2.53. The molecule has 45 heavy (non-hydrogen) atoms. The van der Waals surface area contributed by atoms with Crippen molar-refractivity contribution in [2.45, 2.75) is 24.5 Å². The minimum Gasteiger partial charge on any atom is -0.466 e. The third-order valence-electron chi connectivity index (χ3n) is 7.13. The first-order valence-corrected chi connectivity index (χ1v) is 15.3. The maximum atomic E-state index is 14.0. The summed E-state index contributed by atoms with van der Waals surface area (Å²) < 4.78 is 38.0. The van der Waals surface area contributed by atoms with Crippen LogP contribution >= 0.6 is 35.0 Å². The molecule has 0 aliphatic carbocycles. The van der Waals surface area contributed by atoms with Gasteiger partial charge in [-0.1, -0.05) is 41.4 Å². The quantitative estimate of drug-likeness (QED) is 0.264. The van der Waals surface area contributed by atoms with E-state index < -0.39 is 41.2 Å². The lowest BCUT2D eigenvalue weighted by Crippen LogP contribution is -2.48. The van der Waals surface area contributed by atoms with E-state index in [0.29, 0.717) is 34.1 Å². The van der Waals surface area contributed by atoms with Crippen LogP contribution in [0.5, 0.6) is 0 Å². The minimum atomic E-state index is -0.940. The number of hydrogen-bond donors (Lipinski definition) is 3. The van der Waals surface area contributed by atoms with E-state index in [1.807, 2.05) is 0 Å². The van der Waals surface area contributed by atoms with Gasteiger partial charge >= 0.3 is 11.9 Å². The number of aromatic nitrogens is 1. The van der Waals surface area contributed by atoms with Crippen LogP contribution in [0.25, 0.3) is 0 Å². The number of pyridine rings is 1. The Morgan fingerprint density at radius 1 is 0.933 bits per heavy atom. The lowest BCUT2D eigenvalue weighted by Gasteiger charge is -2.35. The standard InChI is InChI=1S/C31H27Cl2F2N5O4S/c1-15-24(29(41)43-2)26(18-9-7-16(34)12-20(18)32)40-31(37-15)45-14-23-25(30(42)44-3)27(19-10-8-17(35)13-21(19)33)39-28(38-23)22-6-4-5-11-36-22/h4-13,26-27,31,37,40H,14H2,1-3H3,(H,38,39). The van der Waals surface area contributed by atoms with Crippen LogP contribution in [0.4, 0.5) is 8.78 Å². The van der Waals surface area contributed by atoms with E-state index in [1.54, 1.807) is 31.3 Å². The first kappa shape index (κ1) is 32.4. The summed E-state index contributed by atoms with van der Waals surface area (Å²) in [5, 5.41) is 10.0. The Labute approximate surface area is 272 Å². The molecule has 9 nitrogen and oxygen atoms in total. The molecule has 0 saturated carbocycles. The molecular formula is C31H27Cl2F2N5O4S. The molecule has 2 aliphatic rings. The molecule has 3 unspecified atom stereocenters. The van der Waals surface area contributed by atoms with Crippen LogP contribution in [0, 0.1) is 11.6 Å². The van der Waals surface area contributed by atoms with Crippen molar-refractivity contribution in [3.05, 3.63) is 122 Å². The fourth-order valence-electron chi connectivity index (χ4n) is 5.03. The fraction of sp³-hybridized carbons (Fsp3) is 0.226. The van der Waals surface area contributed by atoms with Crippen LogP contribution in [0.1, 0.15) is 35.8 Å². The Hall–Kier alpha value is -3.97. The minimum absolute atomic E-state index is 0.0881. The maximum absolute atomic E-state index is 14.0. The molecule has 0 radical (unpaired) electrons. The van der Waals surface area contributed by atoms with Crippen LogP contribution < -0.4 is 16.0 Å². The Morgan fingerprint density at radius 3 is 2.18 bits per heavy atom. The number of nitrogens with one attached hydrogen (secondary N) is 3. The summed E-state index contributed by atoms with van der Waals surface area (Å²) in [6.45, 7) is 1.72. The van der Waals surface area contributed by atoms with Gasteiger partial charge in [0.05, 0.1) is 31.4 Å². The molecule has 0 spiro atoms. The lowest BCUT2D eigenvalue weighted by molar-refractivity contribution is -0.137.